The van der Waals surface area contributed by atoms with Gasteiger partial charge in [0.05, 0.1) is 6.61 Å². The molecule has 0 aliphatic heterocycles. The third-order valence-corrected chi connectivity index (χ3v) is 3.25. The summed E-state index contributed by atoms with van der Waals surface area (Å²) < 4.78 is 4.96. The third kappa shape index (κ3) is 10.8. The van der Waals surface area contributed by atoms with Crippen molar-refractivity contribution in [2.45, 2.75) is 71.6 Å². The zero-order valence-corrected chi connectivity index (χ0v) is 13.5. The third-order valence-electron chi connectivity index (χ3n) is 3.25. The van der Waals surface area contributed by atoms with Crippen molar-refractivity contribution in [1.82, 2.24) is 4.90 Å². The van der Waals surface area contributed by atoms with Crippen molar-refractivity contribution in [3.63, 3.8) is 0 Å². The van der Waals surface area contributed by atoms with Crippen LogP contribution in [0.3, 0.4) is 0 Å². The number of unbranched alkanes of at least 4 members (excludes halogenated alkanes) is 6. The maximum absolute atomic E-state index is 11.8. The first kappa shape index (κ1) is 18.9. The second-order valence-corrected chi connectivity index (χ2v) is 5.34. The molecule has 20 heavy (non-hydrogen) atoms. The molecule has 0 aliphatic rings. The molecule has 0 heterocycles. The van der Waals surface area contributed by atoms with Gasteiger partial charge in [-0.1, -0.05) is 52.4 Å². The summed E-state index contributed by atoms with van der Waals surface area (Å²) in [6.07, 6.45) is 9.69. The molecule has 1 amide bonds. The maximum Gasteiger partial charge on any atom is 0.325 e. The van der Waals surface area contributed by atoms with Crippen LogP contribution in [0, 0.1) is 0 Å². The molecule has 0 saturated heterocycles. The Morgan fingerprint density at radius 3 is 2.10 bits per heavy atom. The van der Waals surface area contributed by atoms with Crippen LogP contribution in [0.5, 0.6) is 0 Å². The smallest absolute Gasteiger partial charge is 0.325 e. The number of hydrogen-bond acceptors (Lipinski definition) is 3. The number of amides is 1. The Morgan fingerprint density at radius 2 is 1.50 bits per heavy atom. The lowest BCUT2D eigenvalue weighted by molar-refractivity contribution is -0.148. The van der Waals surface area contributed by atoms with Crippen LogP contribution in [0.25, 0.3) is 0 Å². The van der Waals surface area contributed by atoms with Crippen LogP contribution in [-0.4, -0.2) is 37.0 Å². The van der Waals surface area contributed by atoms with Gasteiger partial charge in [-0.25, -0.2) is 0 Å². The predicted octanol–water partition coefficient (Wildman–Crippen LogP) is 3.54. The van der Waals surface area contributed by atoms with Gasteiger partial charge in [-0.05, 0) is 12.8 Å². The minimum atomic E-state index is -0.317. The molecule has 4 nitrogen and oxygen atoms in total. The van der Waals surface area contributed by atoms with Gasteiger partial charge in [0.1, 0.15) is 6.54 Å². The van der Waals surface area contributed by atoms with Gasteiger partial charge in [-0.15, -0.1) is 0 Å². The molecule has 0 aliphatic carbocycles. The Morgan fingerprint density at radius 1 is 0.900 bits per heavy atom. The molecule has 0 bridgehead atoms. The fraction of sp³-hybridized carbons (Fsp3) is 0.875. The number of rotatable bonds is 12. The quantitative estimate of drug-likeness (QED) is 0.407. The molecular weight excluding hydrogens is 254 g/mol. The zero-order valence-electron chi connectivity index (χ0n) is 13.5. The number of likely N-dealkylation sites (N-methyl/N-ethyl adjacent to an activating group) is 1. The first-order valence-corrected chi connectivity index (χ1v) is 8.01. The second kappa shape index (κ2) is 12.9. The van der Waals surface area contributed by atoms with E-state index in [-0.39, 0.29) is 18.4 Å². The molecular formula is C16H31NO3. The van der Waals surface area contributed by atoms with Gasteiger partial charge in [-0.2, -0.15) is 0 Å². The van der Waals surface area contributed by atoms with Gasteiger partial charge >= 0.3 is 5.97 Å². The fourth-order valence-corrected chi connectivity index (χ4v) is 1.97. The van der Waals surface area contributed by atoms with E-state index in [0.29, 0.717) is 13.0 Å². The highest BCUT2D eigenvalue weighted by molar-refractivity contribution is 5.81. The lowest BCUT2D eigenvalue weighted by Gasteiger charge is -2.16. The minimum absolute atomic E-state index is 0.0343. The van der Waals surface area contributed by atoms with Crippen molar-refractivity contribution in [3.8, 4) is 0 Å². The number of esters is 1. The van der Waals surface area contributed by atoms with Gasteiger partial charge in [-0.3, -0.25) is 9.59 Å². The van der Waals surface area contributed by atoms with Crippen LogP contribution in [0.15, 0.2) is 0 Å². The molecule has 4 heteroatoms. The van der Waals surface area contributed by atoms with Crippen LogP contribution in [0.1, 0.15) is 71.6 Å². The summed E-state index contributed by atoms with van der Waals surface area (Å²) in [6, 6.07) is 0. The summed E-state index contributed by atoms with van der Waals surface area (Å²) >= 11 is 0. The van der Waals surface area contributed by atoms with E-state index in [1.165, 1.54) is 37.0 Å². The summed E-state index contributed by atoms with van der Waals surface area (Å²) in [4.78, 5) is 24.7. The summed E-state index contributed by atoms with van der Waals surface area (Å²) in [5, 5.41) is 0. The van der Waals surface area contributed by atoms with Crippen molar-refractivity contribution >= 4 is 11.9 Å². The highest BCUT2D eigenvalue weighted by atomic mass is 16.5. The molecule has 0 radical (unpaired) electrons. The largest absolute Gasteiger partial charge is 0.464 e. The van der Waals surface area contributed by atoms with Crippen LogP contribution >= 0.6 is 0 Å². The van der Waals surface area contributed by atoms with E-state index in [1.54, 1.807) is 7.05 Å². The summed E-state index contributed by atoms with van der Waals surface area (Å²) in [5.41, 5.74) is 0. The molecule has 0 aromatic carbocycles. The molecule has 0 atom stereocenters. The van der Waals surface area contributed by atoms with E-state index in [4.69, 9.17) is 4.74 Å². The van der Waals surface area contributed by atoms with E-state index < -0.39 is 0 Å². The molecule has 0 N–H and O–H groups in total. The van der Waals surface area contributed by atoms with Crippen molar-refractivity contribution < 1.29 is 14.3 Å². The predicted molar refractivity (Wildman–Crippen MR) is 81.5 cm³/mol. The zero-order chi connectivity index (χ0) is 15.2. The van der Waals surface area contributed by atoms with Gasteiger partial charge in [0, 0.05) is 13.5 Å². The van der Waals surface area contributed by atoms with Gasteiger partial charge in [0.15, 0.2) is 0 Å². The lowest BCUT2D eigenvalue weighted by atomic mass is 10.1. The molecule has 0 aromatic heterocycles. The highest BCUT2D eigenvalue weighted by Gasteiger charge is 2.13. The number of nitrogens with zero attached hydrogens (tertiary/aromatic N) is 1. The van der Waals surface area contributed by atoms with Gasteiger partial charge < -0.3 is 9.64 Å². The fourth-order valence-electron chi connectivity index (χ4n) is 1.97. The van der Waals surface area contributed by atoms with Crippen LogP contribution in [-0.2, 0) is 14.3 Å². The molecule has 0 fully saturated rings. The number of ether oxygens (including phenoxy) is 1. The monoisotopic (exact) mass is 285 g/mol. The average Bonchev–Trinajstić information content (AvgIpc) is 2.43. The summed E-state index contributed by atoms with van der Waals surface area (Å²) in [7, 11) is 1.66. The number of carbonyl (C=O) groups excluding carboxylic acids is 2. The van der Waals surface area contributed by atoms with E-state index in [2.05, 4.69) is 6.92 Å². The lowest BCUT2D eigenvalue weighted by Crippen LogP contribution is -2.32. The molecule has 118 valence electrons. The molecule has 0 saturated carbocycles. The minimum Gasteiger partial charge on any atom is -0.464 e. The Hall–Kier alpha value is -1.06. The van der Waals surface area contributed by atoms with E-state index >= 15 is 0 Å². The second-order valence-electron chi connectivity index (χ2n) is 5.34. The summed E-state index contributed by atoms with van der Waals surface area (Å²) in [6.45, 7) is 4.65. The summed E-state index contributed by atoms with van der Waals surface area (Å²) in [5.74, 6) is -0.283. The van der Waals surface area contributed by atoms with Crippen molar-refractivity contribution in [3.05, 3.63) is 0 Å². The van der Waals surface area contributed by atoms with Crippen molar-refractivity contribution in [2.24, 2.45) is 0 Å². The van der Waals surface area contributed by atoms with Crippen molar-refractivity contribution in [2.75, 3.05) is 20.2 Å². The van der Waals surface area contributed by atoms with Gasteiger partial charge in [0.25, 0.3) is 0 Å². The van der Waals surface area contributed by atoms with Crippen LogP contribution < -0.4 is 0 Å². The van der Waals surface area contributed by atoms with Crippen molar-refractivity contribution in [1.29, 1.82) is 0 Å². The maximum atomic E-state index is 11.8. The Balaban J connectivity index is 3.57. The first-order chi connectivity index (χ1) is 9.61. The molecule has 0 rings (SSSR count). The first-order valence-electron chi connectivity index (χ1n) is 8.01. The average molecular weight is 285 g/mol. The molecule has 0 spiro atoms. The Kier molecular flexibility index (Phi) is 12.3. The van der Waals surface area contributed by atoms with E-state index in [1.807, 2.05) is 6.92 Å². The Bertz CT molecular complexity index is 266. The number of hydrogen-bond donors (Lipinski definition) is 0. The van der Waals surface area contributed by atoms with Crippen LogP contribution in [0.4, 0.5) is 0 Å². The number of carbonyl (C=O) groups is 2. The Labute approximate surface area is 123 Å². The van der Waals surface area contributed by atoms with Crippen LogP contribution in [0.2, 0.25) is 0 Å². The molecule has 0 unspecified atom stereocenters. The standard InChI is InChI=1S/C16H31NO3/c1-4-6-7-8-9-10-11-12-15(18)17(3)14-16(19)20-13-5-2/h4-14H2,1-3H3. The highest BCUT2D eigenvalue weighted by Crippen LogP contribution is 2.09. The van der Waals surface area contributed by atoms with E-state index in [9.17, 15) is 9.59 Å². The molecule has 0 aromatic rings. The normalized spacial score (nSPS) is 10.3. The SMILES string of the molecule is CCCCCCCCCC(=O)N(C)CC(=O)OCCC. The van der Waals surface area contributed by atoms with E-state index in [0.717, 1.165) is 19.3 Å². The topological polar surface area (TPSA) is 46.6 Å². The van der Waals surface area contributed by atoms with Gasteiger partial charge in [0.2, 0.25) is 5.91 Å².